The highest BCUT2D eigenvalue weighted by Gasteiger charge is 2.09. The van der Waals surface area contributed by atoms with Gasteiger partial charge < -0.3 is 9.55 Å². The second kappa shape index (κ2) is 5.98. The molecule has 4 aromatic heterocycles. The van der Waals surface area contributed by atoms with Crippen LogP contribution in [0.4, 0.5) is 0 Å². The monoisotopic (exact) mass is 360 g/mol. The molecule has 0 unspecified atom stereocenters. The van der Waals surface area contributed by atoms with Gasteiger partial charge in [0.05, 0.1) is 12.7 Å². The van der Waals surface area contributed by atoms with E-state index in [1.165, 1.54) is 28.8 Å². The van der Waals surface area contributed by atoms with Crippen molar-refractivity contribution in [3.8, 4) is 0 Å². The molecular formula is C14H16N8O4. The molecule has 0 fully saturated rings. The molecule has 0 saturated heterocycles. The van der Waals surface area contributed by atoms with Crippen LogP contribution in [0.1, 0.15) is 0 Å². The van der Waals surface area contributed by atoms with Crippen LogP contribution in [-0.2, 0) is 28.2 Å². The zero-order valence-electron chi connectivity index (χ0n) is 14.5. The van der Waals surface area contributed by atoms with Gasteiger partial charge in [-0.1, -0.05) is 0 Å². The lowest BCUT2D eigenvalue weighted by Gasteiger charge is -2.00. The van der Waals surface area contributed by atoms with E-state index in [-0.39, 0.29) is 11.2 Å². The predicted octanol–water partition coefficient (Wildman–Crippen LogP) is -2.08. The molecule has 4 heterocycles. The molecule has 0 radical (unpaired) electrons. The van der Waals surface area contributed by atoms with Crippen LogP contribution in [0.15, 0.2) is 31.8 Å². The molecule has 0 saturated carbocycles. The summed E-state index contributed by atoms with van der Waals surface area (Å²) in [6, 6.07) is 0. The lowest BCUT2D eigenvalue weighted by Crippen LogP contribution is -2.36. The van der Waals surface area contributed by atoms with E-state index < -0.39 is 11.2 Å². The van der Waals surface area contributed by atoms with Crippen LogP contribution < -0.4 is 22.5 Å². The number of nitrogens with zero attached hydrogens (tertiary/aromatic N) is 6. The average Bonchev–Trinajstić information content (AvgIpc) is 3.24. The normalized spacial score (nSPS) is 10.9. The van der Waals surface area contributed by atoms with Crippen LogP contribution >= 0.6 is 0 Å². The maximum atomic E-state index is 11.4. The fraction of sp³-hybridized carbons (Fsp3) is 0.286. The number of hydrogen-bond donors (Lipinski definition) is 2. The molecule has 0 spiro atoms. The third-order valence-corrected chi connectivity index (χ3v) is 4.01. The summed E-state index contributed by atoms with van der Waals surface area (Å²) in [7, 11) is 6.28. The van der Waals surface area contributed by atoms with E-state index in [1.807, 2.05) is 0 Å². The first kappa shape index (κ1) is 17.1. The van der Waals surface area contributed by atoms with Gasteiger partial charge in [0.2, 0.25) is 0 Å². The Labute approximate surface area is 144 Å². The van der Waals surface area contributed by atoms with Gasteiger partial charge in [-0.25, -0.2) is 19.6 Å². The summed E-state index contributed by atoms with van der Waals surface area (Å²) in [5.74, 6) is 0. The van der Waals surface area contributed by atoms with Crippen molar-refractivity contribution in [2.45, 2.75) is 0 Å². The van der Waals surface area contributed by atoms with Crippen LogP contribution in [0.2, 0.25) is 0 Å². The summed E-state index contributed by atoms with van der Waals surface area (Å²) >= 11 is 0. The number of aryl methyl sites for hydroxylation is 3. The topological polar surface area (TPSA) is 145 Å². The molecule has 0 amide bonds. The number of nitrogens with one attached hydrogen (secondary N) is 2. The van der Waals surface area contributed by atoms with E-state index in [2.05, 4.69) is 19.9 Å². The molecule has 0 bridgehead atoms. The number of aromatic amines is 2. The summed E-state index contributed by atoms with van der Waals surface area (Å²) in [6.45, 7) is 0. The van der Waals surface area contributed by atoms with Crippen molar-refractivity contribution in [2.75, 3.05) is 0 Å². The Balaban J connectivity index is 0.000000151. The van der Waals surface area contributed by atoms with Crippen molar-refractivity contribution in [1.82, 2.24) is 38.2 Å². The fourth-order valence-electron chi connectivity index (χ4n) is 2.53. The van der Waals surface area contributed by atoms with Crippen molar-refractivity contribution in [1.29, 1.82) is 0 Å². The molecule has 4 rings (SSSR count). The molecule has 2 N–H and O–H groups in total. The Kier molecular flexibility index (Phi) is 3.94. The standard InChI is InChI=1S/2C7H8N4O2/c1-10-3-8-5-4(10)6(12)9-7(13)11(5)2;1-10-5-4(8-3-9-5)6(12)11(2)7(10)13/h3H,1-2H3,(H,9,12,13);3H,1-2H3,(H,8,9). The van der Waals surface area contributed by atoms with E-state index in [0.29, 0.717) is 22.3 Å². The van der Waals surface area contributed by atoms with Crippen LogP contribution in [0.25, 0.3) is 22.3 Å². The van der Waals surface area contributed by atoms with Crippen molar-refractivity contribution < 1.29 is 0 Å². The van der Waals surface area contributed by atoms with Crippen LogP contribution in [-0.4, -0.2) is 38.2 Å². The van der Waals surface area contributed by atoms with Crippen LogP contribution in [0.5, 0.6) is 0 Å². The Morgan fingerprint density at radius 1 is 0.885 bits per heavy atom. The Bertz CT molecular complexity index is 1360. The maximum Gasteiger partial charge on any atom is 0.332 e. The Morgan fingerprint density at radius 2 is 1.58 bits per heavy atom. The smallest absolute Gasteiger partial charge is 0.332 e. The number of aromatic nitrogens is 8. The number of H-pyrrole nitrogens is 2. The summed E-state index contributed by atoms with van der Waals surface area (Å²) < 4.78 is 5.25. The van der Waals surface area contributed by atoms with Crippen molar-refractivity contribution in [3.05, 3.63) is 54.3 Å². The SMILES string of the molecule is Cn1c(=O)c2[nH]cnc2n(C)c1=O.Cn1cnc2c1c(=O)[nH]c(=O)n2C. The minimum atomic E-state index is -0.448. The van der Waals surface area contributed by atoms with E-state index in [4.69, 9.17) is 0 Å². The quantitative estimate of drug-likeness (QED) is 0.368. The van der Waals surface area contributed by atoms with E-state index in [0.717, 1.165) is 4.57 Å². The molecular weight excluding hydrogens is 344 g/mol. The first-order valence-corrected chi connectivity index (χ1v) is 7.43. The Morgan fingerprint density at radius 3 is 2.27 bits per heavy atom. The van der Waals surface area contributed by atoms with E-state index >= 15 is 0 Å². The molecule has 136 valence electrons. The van der Waals surface area contributed by atoms with Gasteiger partial charge in [-0.05, 0) is 0 Å². The second-order valence-corrected chi connectivity index (χ2v) is 5.65. The Hall–Kier alpha value is -3.70. The number of rotatable bonds is 0. The van der Waals surface area contributed by atoms with Gasteiger partial charge in [0.25, 0.3) is 11.1 Å². The number of fused-ring (bicyclic) bond motifs is 2. The van der Waals surface area contributed by atoms with Gasteiger partial charge in [0, 0.05) is 28.2 Å². The zero-order chi connectivity index (χ0) is 19.2. The molecule has 12 heteroatoms. The first-order chi connectivity index (χ1) is 12.2. The number of imidazole rings is 2. The summed E-state index contributed by atoms with van der Waals surface area (Å²) in [5.41, 5.74) is -0.0365. The summed E-state index contributed by atoms with van der Waals surface area (Å²) in [6.07, 6.45) is 2.89. The lowest BCUT2D eigenvalue weighted by atomic mass is 10.5. The van der Waals surface area contributed by atoms with Gasteiger partial charge in [0.15, 0.2) is 16.8 Å². The molecule has 0 aromatic carbocycles. The summed E-state index contributed by atoms with van der Waals surface area (Å²) in [5, 5.41) is 0. The van der Waals surface area contributed by atoms with Gasteiger partial charge in [0.1, 0.15) is 5.52 Å². The zero-order valence-corrected chi connectivity index (χ0v) is 14.5. The lowest BCUT2D eigenvalue weighted by molar-refractivity contribution is 0.709. The molecule has 0 atom stereocenters. The molecule has 12 nitrogen and oxygen atoms in total. The largest absolute Gasteiger partial charge is 0.339 e. The minimum Gasteiger partial charge on any atom is -0.339 e. The third-order valence-electron chi connectivity index (χ3n) is 4.01. The van der Waals surface area contributed by atoms with Crippen LogP contribution in [0.3, 0.4) is 0 Å². The van der Waals surface area contributed by atoms with Gasteiger partial charge in [-0.15, -0.1) is 0 Å². The van der Waals surface area contributed by atoms with Crippen molar-refractivity contribution in [3.63, 3.8) is 0 Å². The third kappa shape index (κ3) is 2.47. The minimum absolute atomic E-state index is 0.351. The molecule has 0 aliphatic heterocycles. The highest BCUT2D eigenvalue weighted by atomic mass is 16.2. The maximum absolute atomic E-state index is 11.4. The molecule has 26 heavy (non-hydrogen) atoms. The van der Waals surface area contributed by atoms with E-state index in [9.17, 15) is 19.2 Å². The van der Waals surface area contributed by atoms with Gasteiger partial charge >= 0.3 is 11.4 Å². The van der Waals surface area contributed by atoms with Crippen LogP contribution in [0, 0.1) is 0 Å². The average molecular weight is 360 g/mol. The second-order valence-electron chi connectivity index (χ2n) is 5.65. The molecule has 4 aromatic rings. The molecule has 0 aliphatic carbocycles. The van der Waals surface area contributed by atoms with Crippen molar-refractivity contribution in [2.24, 2.45) is 28.2 Å². The van der Waals surface area contributed by atoms with Gasteiger partial charge in [-0.3, -0.25) is 28.3 Å². The van der Waals surface area contributed by atoms with Crippen molar-refractivity contribution >= 4 is 22.3 Å². The summed E-state index contributed by atoms with van der Waals surface area (Å²) in [4.78, 5) is 58.0. The molecule has 0 aliphatic rings. The number of hydrogen-bond acceptors (Lipinski definition) is 6. The highest BCUT2D eigenvalue weighted by molar-refractivity contribution is 5.69. The van der Waals surface area contributed by atoms with Gasteiger partial charge in [-0.2, -0.15) is 0 Å². The first-order valence-electron chi connectivity index (χ1n) is 7.43. The highest BCUT2D eigenvalue weighted by Crippen LogP contribution is 2.01. The van der Waals surface area contributed by atoms with E-state index in [1.54, 1.807) is 25.7 Å². The predicted molar refractivity (Wildman–Crippen MR) is 93.2 cm³/mol. The fourth-order valence-corrected chi connectivity index (χ4v) is 2.53.